The van der Waals surface area contributed by atoms with E-state index in [1.54, 1.807) is 30.3 Å². The lowest BCUT2D eigenvalue weighted by atomic mass is 10.2. The van der Waals surface area contributed by atoms with Crippen molar-refractivity contribution in [3.8, 4) is 6.07 Å². The molecule has 0 fully saturated rings. The molecule has 0 atom stereocenters. The van der Waals surface area contributed by atoms with E-state index in [9.17, 15) is 9.59 Å². The maximum Gasteiger partial charge on any atom is 0.359 e. The van der Waals surface area contributed by atoms with Gasteiger partial charge in [-0.05, 0) is 12.1 Å². The maximum absolute atomic E-state index is 12.4. The minimum absolute atomic E-state index is 0.0263. The highest BCUT2D eigenvalue weighted by Crippen LogP contribution is 2.31. The molecule has 1 amide bonds. The minimum Gasteiger partial charge on any atom is -0.451 e. The van der Waals surface area contributed by atoms with E-state index < -0.39 is 18.5 Å². The summed E-state index contributed by atoms with van der Waals surface area (Å²) in [6, 6.07) is 10.7. The lowest BCUT2D eigenvalue weighted by Crippen LogP contribution is -2.35. The fourth-order valence-electron chi connectivity index (χ4n) is 2.03. The van der Waals surface area contributed by atoms with Crippen LogP contribution in [0.1, 0.15) is 16.9 Å². The van der Waals surface area contributed by atoms with Crippen molar-refractivity contribution < 1.29 is 14.3 Å². The Kier molecular flexibility index (Phi) is 7.22. The molecule has 2 aromatic rings. The molecule has 6 nitrogen and oxygen atoms in total. The zero-order valence-electron chi connectivity index (χ0n) is 13.3. The number of nitriles is 1. The number of esters is 1. The number of amides is 1. The molecule has 26 heavy (non-hydrogen) atoms. The lowest BCUT2D eigenvalue weighted by molar-refractivity contribution is -0.121. The number of ether oxygens (including phenoxy) is 1. The van der Waals surface area contributed by atoms with Gasteiger partial charge in [0, 0.05) is 18.4 Å². The van der Waals surface area contributed by atoms with Gasteiger partial charge in [0.1, 0.15) is 0 Å². The van der Waals surface area contributed by atoms with E-state index in [1.807, 2.05) is 6.07 Å². The Bertz CT molecular complexity index is 854. The van der Waals surface area contributed by atoms with E-state index in [1.165, 1.54) is 4.90 Å². The molecule has 134 valence electrons. The number of rotatable bonds is 6. The molecule has 0 aliphatic carbocycles. The smallest absolute Gasteiger partial charge is 0.359 e. The van der Waals surface area contributed by atoms with Crippen molar-refractivity contribution in [1.82, 2.24) is 4.98 Å². The maximum atomic E-state index is 12.4. The zero-order chi connectivity index (χ0) is 19.1. The molecule has 0 unspecified atom stereocenters. The molecule has 0 saturated heterocycles. The number of halogens is 3. The molecular formula is C17H12Cl3N3O3. The summed E-state index contributed by atoms with van der Waals surface area (Å²) in [6.07, 6.45) is 1.30. The Morgan fingerprint density at radius 3 is 2.50 bits per heavy atom. The summed E-state index contributed by atoms with van der Waals surface area (Å²) in [5.74, 6) is -1.40. The van der Waals surface area contributed by atoms with Gasteiger partial charge in [0.05, 0.1) is 27.6 Å². The Morgan fingerprint density at radius 1 is 1.15 bits per heavy atom. The van der Waals surface area contributed by atoms with E-state index in [0.29, 0.717) is 5.69 Å². The monoisotopic (exact) mass is 411 g/mol. The van der Waals surface area contributed by atoms with Crippen LogP contribution in [0.15, 0.2) is 36.5 Å². The quantitative estimate of drug-likeness (QED) is 0.666. The van der Waals surface area contributed by atoms with Crippen LogP contribution in [0.25, 0.3) is 0 Å². The second-order valence-corrected chi connectivity index (χ2v) is 6.11. The SMILES string of the molecule is N#CCCN(C(=O)COC(=O)c1ncc(Cl)c(Cl)c1Cl)c1ccccc1. The van der Waals surface area contributed by atoms with Crippen LogP contribution in [-0.2, 0) is 9.53 Å². The number of para-hydroxylation sites is 1. The number of benzene rings is 1. The van der Waals surface area contributed by atoms with Crippen molar-refractivity contribution in [3.63, 3.8) is 0 Å². The molecule has 0 saturated carbocycles. The summed E-state index contributed by atoms with van der Waals surface area (Å²) in [5.41, 5.74) is 0.353. The van der Waals surface area contributed by atoms with Crippen LogP contribution >= 0.6 is 34.8 Å². The van der Waals surface area contributed by atoms with Crippen molar-refractivity contribution in [2.45, 2.75) is 6.42 Å². The third kappa shape index (κ3) is 4.85. The van der Waals surface area contributed by atoms with Crippen LogP contribution in [0.5, 0.6) is 0 Å². The molecule has 0 aliphatic heterocycles. The Balaban J connectivity index is 2.09. The number of carbonyl (C=O) groups excluding carboxylic acids is 2. The van der Waals surface area contributed by atoms with Crippen molar-refractivity contribution in [2.75, 3.05) is 18.1 Å². The fraction of sp³-hybridized carbons (Fsp3) is 0.176. The van der Waals surface area contributed by atoms with Crippen LogP contribution in [-0.4, -0.2) is 30.0 Å². The van der Waals surface area contributed by atoms with E-state index in [0.717, 1.165) is 6.20 Å². The van der Waals surface area contributed by atoms with Gasteiger partial charge >= 0.3 is 5.97 Å². The van der Waals surface area contributed by atoms with Gasteiger partial charge in [-0.25, -0.2) is 9.78 Å². The van der Waals surface area contributed by atoms with Gasteiger partial charge in [-0.2, -0.15) is 5.26 Å². The summed E-state index contributed by atoms with van der Waals surface area (Å²) >= 11 is 17.5. The first-order chi connectivity index (χ1) is 12.5. The van der Waals surface area contributed by atoms with Gasteiger partial charge in [0.15, 0.2) is 12.3 Å². The second kappa shape index (κ2) is 9.39. The molecule has 1 aromatic carbocycles. The first kappa shape index (κ1) is 20.0. The van der Waals surface area contributed by atoms with Crippen molar-refractivity contribution in [2.24, 2.45) is 0 Å². The van der Waals surface area contributed by atoms with E-state index >= 15 is 0 Å². The van der Waals surface area contributed by atoms with Crippen LogP contribution in [0.4, 0.5) is 5.69 Å². The number of anilines is 1. The molecule has 0 aliphatic rings. The standard InChI is InChI=1S/C17H12Cl3N3O3/c18-12-9-22-16(15(20)14(12)19)17(25)26-10-13(24)23(8-4-7-21)11-5-2-1-3-6-11/h1-3,5-6,9H,4,8,10H2. The summed E-state index contributed by atoms with van der Waals surface area (Å²) in [4.78, 5) is 29.7. The molecule has 1 aromatic heterocycles. The highest BCUT2D eigenvalue weighted by atomic mass is 35.5. The van der Waals surface area contributed by atoms with Crippen LogP contribution in [0.3, 0.4) is 0 Å². The fourth-order valence-corrected chi connectivity index (χ4v) is 2.58. The number of hydrogen-bond donors (Lipinski definition) is 0. The third-order valence-electron chi connectivity index (χ3n) is 3.25. The van der Waals surface area contributed by atoms with Crippen molar-refractivity contribution in [3.05, 3.63) is 57.3 Å². The Hall–Kier alpha value is -2.33. The first-order valence-corrected chi connectivity index (χ1v) is 8.48. The molecular weight excluding hydrogens is 401 g/mol. The molecule has 2 rings (SSSR count). The van der Waals surface area contributed by atoms with Crippen molar-refractivity contribution >= 4 is 52.4 Å². The van der Waals surface area contributed by atoms with Crippen LogP contribution in [0, 0.1) is 11.3 Å². The summed E-state index contributed by atoms with van der Waals surface area (Å²) in [5, 5.41) is 8.69. The number of aromatic nitrogens is 1. The van der Waals surface area contributed by atoms with E-state index in [2.05, 4.69) is 4.98 Å². The van der Waals surface area contributed by atoms with E-state index in [4.69, 9.17) is 44.8 Å². The van der Waals surface area contributed by atoms with Gasteiger partial charge in [0.2, 0.25) is 0 Å². The summed E-state index contributed by atoms with van der Waals surface area (Å²) in [7, 11) is 0. The second-order valence-electron chi connectivity index (χ2n) is 4.95. The summed E-state index contributed by atoms with van der Waals surface area (Å²) in [6.45, 7) is -0.375. The Morgan fingerprint density at radius 2 is 1.85 bits per heavy atom. The number of hydrogen-bond acceptors (Lipinski definition) is 5. The highest BCUT2D eigenvalue weighted by molar-refractivity contribution is 6.48. The normalized spacial score (nSPS) is 10.1. The predicted octanol–water partition coefficient (Wildman–Crippen LogP) is 4.15. The average molecular weight is 413 g/mol. The van der Waals surface area contributed by atoms with E-state index in [-0.39, 0.29) is 33.7 Å². The van der Waals surface area contributed by atoms with Crippen LogP contribution in [0.2, 0.25) is 15.1 Å². The molecule has 0 spiro atoms. The van der Waals surface area contributed by atoms with Gasteiger partial charge in [0.25, 0.3) is 5.91 Å². The minimum atomic E-state index is -0.907. The Labute approximate surface area is 164 Å². The predicted molar refractivity (Wildman–Crippen MR) is 98.6 cm³/mol. The highest BCUT2D eigenvalue weighted by Gasteiger charge is 2.21. The largest absolute Gasteiger partial charge is 0.451 e. The average Bonchev–Trinajstić information content (AvgIpc) is 2.65. The number of carbonyl (C=O) groups is 2. The molecule has 0 N–H and O–H groups in total. The topological polar surface area (TPSA) is 83.3 Å². The summed E-state index contributed by atoms with van der Waals surface area (Å²) < 4.78 is 4.99. The van der Waals surface area contributed by atoms with Gasteiger partial charge in [-0.1, -0.05) is 53.0 Å². The molecule has 9 heteroatoms. The van der Waals surface area contributed by atoms with Crippen molar-refractivity contribution in [1.29, 1.82) is 5.26 Å². The van der Waals surface area contributed by atoms with Gasteiger partial charge < -0.3 is 9.64 Å². The molecule has 1 heterocycles. The lowest BCUT2D eigenvalue weighted by Gasteiger charge is -2.21. The number of pyridine rings is 1. The molecule has 0 bridgehead atoms. The van der Waals surface area contributed by atoms with Gasteiger partial charge in [-0.3, -0.25) is 4.79 Å². The van der Waals surface area contributed by atoms with Crippen LogP contribution < -0.4 is 4.90 Å². The zero-order valence-corrected chi connectivity index (χ0v) is 15.6. The van der Waals surface area contributed by atoms with Gasteiger partial charge in [-0.15, -0.1) is 0 Å². The third-order valence-corrected chi connectivity index (χ3v) is 4.49. The first-order valence-electron chi connectivity index (χ1n) is 7.34. The number of nitrogens with zero attached hydrogens (tertiary/aromatic N) is 3. The molecule has 0 radical (unpaired) electrons.